The monoisotopic (exact) mass is 225 g/mol. The Morgan fingerprint density at radius 2 is 1.94 bits per heavy atom. The summed E-state index contributed by atoms with van der Waals surface area (Å²) in [4.78, 5) is 18.2. The third-order valence-corrected chi connectivity index (χ3v) is 2.73. The van der Waals surface area contributed by atoms with Gasteiger partial charge in [0, 0.05) is 23.7 Å². The van der Waals surface area contributed by atoms with Crippen molar-refractivity contribution < 1.29 is 0 Å². The van der Waals surface area contributed by atoms with E-state index in [0.717, 1.165) is 16.8 Å². The van der Waals surface area contributed by atoms with Crippen LogP contribution in [0.25, 0.3) is 11.1 Å². The number of hydrogen-bond donors (Lipinski definition) is 1. The number of nitrogens with one attached hydrogen (secondary N) is 1. The average Bonchev–Trinajstić information content (AvgIpc) is 2.30. The van der Waals surface area contributed by atoms with Gasteiger partial charge >= 0.3 is 0 Å². The molecule has 17 heavy (non-hydrogen) atoms. The predicted octanol–water partition coefficient (Wildman–Crippen LogP) is 1.93. The molecule has 0 aliphatic carbocycles. The number of aryl methyl sites for hydroxylation is 1. The highest BCUT2D eigenvalue weighted by atomic mass is 16.1. The van der Waals surface area contributed by atoms with Crippen LogP contribution in [0.2, 0.25) is 0 Å². The lowest BCUT2D eigenvalue weighted by Gasteiger charge is -2.10. The summed E-state index contributed by atoms with van der Waals surface area (Å²) in [6.07, 6.45) is 3.37. The number of aromatic nitrogens is 2. The second-order valence-corrected chi connectivity index (χ2v) is 3.80. The smallest absolute Gasteiger partial charge is 0.266 e. The molecule has 0 fully saturated rings. The highest BCUT2D eigenvalue weighted by Crippen LogP contribution is 2.25. The van der Waals surface area contributed by atoms with Gasteiger partial charge in [-0.15, -0.1) is 0 Å². The molecule has 0 unspecified atom stereocenters. The maximum atomic E-state index is 11.6. The summed E-state index contributed by atoms with van der Waals surface area (Å²) in [6.45, 7) is 3.61. The number of rotatable bonds is 1. The molecule has 84 valence electrons. The molecule has 2 rings (SSSR count). The normalized spacial score (nSPS) is 9.94. The number of aromatic amines is 1. The highest BCUT2D eigenvalue weighted by Gasteiger charge is 2.12. The summed E-state index contributed by atoms with van der Waals surface area (Å²) in [5.41, 5.74) is 3.15. The summed E-state index contributed by atoms with van der Waals surface area (Å²) in [6, 6.07) is 5.65. The Kier molecular flexibility index (Phi) is 2.75. The van der Waals surface area contributed by atoms with Crippen molar-refractivity contribution in [1.29, 1.82) is 5.26 Å². The average molecular weight is 225 g/mol. The molecule has 2 heterocycles. The lowest BCUT2D eigenvalue weighted by molar-refractivity contribution is 1.11. The Labute approximate surface area is 98.6 Å². The van der Waals surface area contributed by atoms with E-state index in [9.17, 15) is 4.79 Å². The molecule has 2 aromatic rings. The van der Waals surface area contributed by atoms with Gasteiger partial charge in [-0.1, -0.05) is 0 Å². The number of nitrogens with zero attached hydrogens (tertiary/aromatic N) is 2. The van der Waals surface area contributed by atoms with E-state index in [0.29, 0.717) is 5.56 Å². The van der Waals surface area contributed by atoms with Gasteiger partial charge in [-0.2, -0.15) is 5.26 Å². The molecule has 4 nitrogen and oxygen atoms in total. The third kappa shape index (κ3) is 1.83. The standard InChI is InChI=1S/C13H11N3O/c1-8-11(7-14)13(17)16-9(2)12(8)10-3-5-15-6-4-10/h3-6H,1-2H3,(H,16,17). The molecule has 0 aliphatic rings. The van der Waals surface area contributed by atoms with Gasteiger partial charge in [0.05, 0.1) is 0 Å². The van der Waals surface area contributed by atoms with Crippen molar-refractivity contribution in [2.45, 2.75) is 13.8 Å². The van der Waals surface area contributed by atoms with Crippen molar-refractivity contribution in [3.63, 3.8) is 0 Å². The van der Waals surface area contributed by atoms with Crippen molar-refractivity contribution in [2.75, 3.05) is 0 Å². The second-order valence-electron chi connectivity index (χ2n) is 3.80. The molecular formula is C13H11N3O. The molecule has 0 aliphatic heterocycles. The molecule has 0 radical (unpaired) electrons. The van der Waals surface area contributed by atoms with Crippen LogP contribution in [0, 0.1) is 25.2 Å². The Hall–Kier alpha value is -2.41. The molecule has 0 bridgehead atoms. The lowest BCUT2D eigenvalue weighted by atomic mass is 9.97. The minimum atomic E-state index is -0.333. The number of pyridine rings is 2. The van der Waals surface area contributed by atoms with Crippen LogP contribution >= 0.6 is 0 Å². The van der Waals surface area contributed by atoms with Gasteiger partial charge in [-0.3, -0.25) is 9.78 Å². The maximum Gasteiger partial charge on any atom is 0.266 e. The van der Waals surface area contributed by atoms with Gasteiger partial charge in [0.25, 0.3) is 5.56 Å². The van der Waals surface area contributed by atoms with Crippen LogP contribution in [0.3, 0.4) is 0 Å². The van der Waals surface area contributed by atoms with Crippen molar-refractivity contribution >= 4 is 0 Å². The van der Waals surface area contributed by atoms with E-state index in [1.807, 2.05) is 25.1 Å². The first kappa shape index (κ1) is 11.1. The number of nitriles is 1. The summed E-state index contributed by atoms with van der Waals surface area (Å²) in [7, 11) is 0. The zero-order chi connectivity index (χ0) is 12.4. The summed E-state index contributed by atoms with van der Waals surface area (Å²) in [5.74, 6) is 0. The van der Waals surface area contributed by atoms with Crippen LogP contribution in [0.1, 0.15) is 16.8 Å². The van der Waals surface area contributed by atoms with Crippen molar-refractivity contribution in [3.05, 3.63) is 51.7 Å². The van der Waals surface area contributed by atoms with Crippen LogP contribution in [-0.4, -0.2) is 9.97 Å². The zero-order valence-corrected chi connectivity index (χ0v) is 9.61. The maximum absolute atomic E-state index is 11.6. The first-order valence-corrected chi connectivity index (χ1v) is 5.19. The molecule has 0 aromatic carbocycles. The van der Waals surface area contributed by atoms with E-state index in [1.54, 1.807) is 19.3 Å². The van der Waals surface area contributed by atoms with Crippen LogP contribution in [0.5, 0.6) is 0 Å². The van der Waals surface area contributed by atoms with Crippen LogP contribution in [-0.2, 0) is 0 Å². The van der Waals surface area contributed by atoms with Gasteiger partial charge in [-0.25, -0.2) is 0 Å². The number of hydrogen-bond acceptors (Lipinski definition) is 3. The molecule has 1 N–H and O–H groups in total. The van der Waals surface area contributed by atoms with Gasteiger partial charge in [0.15, 0.2) is 0 Å². The van der Waals surface area contributed by atoms with Gasteiger partial charge in [-0.05, 0) is 37.1 Å². The van der Waals surface area contributed by atoms with Gasteiger partial charge < -0.3 is 4.98 Å². The Balaban J connectivity index is 2.81. The molecule has 0 saturated heterocycles. The molecule has 0 saturated carbocycles. The topological polar surface area (TPSA) is 69.5 Å². The minimum Gasteiger partial charge on any atom is -0.325 e. The molecular weight excluding hydrogens is 214 g/mol. The van der Waals surface area contributed by atoms with Gasteiger partial charge in [0.1, 0.15) is 11.6 Å². The SMILES string of the molecule is Cc1[nH]c(=O)c(C#N)c(C)c1-c1ccncc1. The third-order valence-electron chi connectivity index (χ3n) is 2.73. The van der Waals surface area contributed by atoms with Crippen LogP contribution in [0.4, 0.5) is 0 Å². The Morgan fingerprint density at radius 3 is 2.53 bits per heavy atom. The van der Waals surface area contributed by atoms with Crippen molar-refractivity contribution in [1.82, 2.24) is 9.97 Å². The second kappa shape index (κ2) is 4.22. The van der Waals surface area contributed by atoms with E-state index < -0.39 is 0 Å². The fourth-order valence-corrected chi connectivity index (χ4v) is 1.96. The van der Waals surface area contributed by atoms with E-state index in [-0.39, 0.29) is 11.1 Å². The lowest BCUT2D eigenvalue weighted by Crippen LogP contribution is -2.14. The van der Waals surface area contributed by atoms with Crippen molar-refractivity contribution in [3.8, 4) is 17.2 Å². The molecule has 0 spiro atoms. The quantitative estimate of drug-likeness (QED) is 0.806. The Morgan fingerprint density at radius 1 is 1.29 bits per heavy atom. The van der Waals surface area contributed by atoms with Gasteiger partial charge in [0.2, 0.25) is 0 Å². The largest absolute Gasteiger partial charge is 0.325 e. The Bertz CT molecular complexity index is 651. The van der Waals surface area contributed by atoms with Crippen LogP contribution in [0.15, 0.2) is 29.3 Å². The molecule has 0 amide bonds. The van der Waals surface area contributed by atoms with E-state index in [4.69, 9.17) is 5.26 Å². The van der Waals surface area contributed by atoms with E-state index >= 15 is 0 Å². The van der Waals surface area contributed by atoms with E-state index in [1.165, 1.54) is 0 Å². The summed E-state index contributed by atoms with van der Waals surface area (Å²) < 4.78 is 0. The van der Waals surface area contributed by atoms with E-state index in [2.05, 4.69) is 9.97 Å². The summed E-state index contributed by atoms with van der Waals surface area (Å²) in [5, 5.41) is 8.98. The highest BCUT2D eigenvalue weighted by molar-refractivity contribution is 5.71. The minimum absolute atomic E-state index is 0.169. The first-order valence-electron chi connectivity index (χ1n) is 5.19. The zero-order valence-electron chi connectivity index (χ0n) is 9.61. The first-order chi connectivity index (χ1) is 8.15. The van der Waals surface area contributed by atoms with Crippen LogP contribution < -0.4 is 5.56 Å². The molecule has 0 atom stereocenters. The predicted molar refractivity (Wildman–Crippen MR) is 64.5 cm³/mol. The molecule has 2 aromatic heterocycles. The number of H-pyrrole nitrogens is 1. The fourth-order valence-electron chi connectivity index (χ4n) is 1.96. The fraction of sp³-hybridized carbons (Fsp3) is 0.154. The summed E-state index contributed by atoms with van der Waals surface area (Å²) >= 11 is 0. The van der Waals surface area contributed by atoms with Crippen molar-refractivity contribution in [2.24, 2.45) is 0 Å². The molecule has 4 heteroatoms.